The smallest absolute Gasteiger partial charge is 0.119 e. The average molecular weight is 247 g/mol. The molecule has 1 atom stereocenters. The number of rotatable bonds is 5. The third-order valence-corrected chi connectivity index (χ3v) is 3.65. The summed E-state index contributed by atoms with van der Waals surface area (Å²) in [6.07, 6.45) is 3.58. The topological polar surface area (TPSA) is 35.2 Å². The van der Waals surface area contributed by atoms with E-state index in [0.717, 1.165) is 24.7 Å². The van der Waals surface area contributed by atoms with Gasteiger partial charge in [-0.2, -0.15) is 0 Å². The molecule has 1 aromatic carbocycles. The summed E-state index contributed by atoms with van der Waals surface area (Å²) in [5.74, 6) is 1.72. The molecule has 2 N–H and O–H groups in total. The molecule has 0 heterocycles. The minimum absolute atomic E-state index is 0.170. The van der Waals surface area contributed by atoms with Crippen molar-refractivity contribution in [1.29, 1.82) is 0 Å². The van der Waals surface area contributed by atoms with E-state index in [9.17, 15) is 0 Å². The van der Waals surface area contributed by atoms with E-state index in [2.05, 4.69) is 39.0 Å². The summed E-state index contributed by atoms with van der Waals surface area (Å²) in [5, 5.41) is 0. The standard InChI is InChI=1S/C16H25NO/c1-16(2,3)13-5-4-6-14(11-13)18-10-9-15(17)12-7-8-12/h4-6,11-12,15H,7-10,17H2,1-3H3. The quantitative estimate of drug-likeness (QED) is 0.864. The Bertz CT molecular complexity index is 390. The van der Waals surface area contributed by atoms with Crippen LogP contribution in [0.2, 0.25) is 0 Å². The van der Waals surface area contributed by atoms with Crippen molar-refractivity contribution in [3.8, 4) is 5.75 Å². The van der Waals surface area contributed by atoms with Crippen molar-refractivity contribution >= 4 is 0 Å². The summed E-state index contributed by atoms with van der Waals surface area (Å²) < 4.78 is 5.81. The molecule has 100 valence electrons. The largest absolute Gasteiger partial charge is 0.494 e. The summed E-state index contributed by atoms with van der Waals surface area (Å²) in [7, 11) is 0. The molecular formula is C16H25NO. The second-order valence-corrected chi connectivity index (χ2v) is 6.42. The highest BCUT2D eigenvalue weighted by Crippen LogP contribution is 2.33. The molecule has 0 radical (unpaired) electrons. The van der Waals surface area contributed by atoms with Crippen molar-refractivity contribution in [1.82, 2.24) is 0 Å². The molecule has 0 spiro atoms. The van der Waals surface area contributed by atoms with Gasteiger partial charge in [-0.1, -0.05) is 32.9 Å². The molecule has 0 saturated heterocycles. The lowest BCUT2D eigenvalue weighted by Gasteiger charge is -2.20. The van der Waals surface area contributed by atoms with Crippen molar-refractivity contribution in [3.05, 3.63) is 29.8 Å². The predicted molar refractivity (Wildman–Crippen MR) is 76.0 cm³/mol. The van der Waals surface area contributed by atoms with Gasteiger partial charge in [0, 0.05) is 6.04 Å². The van der Waals surface area contributed by atoms with Crippen LogP contribution in [0.3, 0.4) is 0 Å². The Balaban J connectivity index is 1.85. The summed E-state index contributed by atoms with van der Waals surface area (Å²) in [6.45, 7) is 7.38. The van der Waals surface area contributed by atoms with Gasteiger partial charge in [0.15, 0.2) is 0 Å². The van der Waals surface area contributed by atoms with Crippen LogP contribution in [0.4, 0.5) is 0 Å². The second kappa shape index (κ2) is 5.31. The molecule has 0 aromatic heterocycles. The first-order valence-corrected chi connectivity index (χ1v) is 6.96. The van der Waals surface area contributed by atoms with Crippen LogP contribution in [0.5, 0.6) is 5.75 Å². The Morgan fingerprint density at radius 2 is 2.06 bits per heavy atom. The fourth-order valence-electron chi connectivity index (χ4n) is 2.13. The molecule has 1 aliphatic carbocycles. The number of hydrogen-bond acceptors (Lipinski definition) is 2. The highest BCUT2D eigenvalue weighted by molar-refractivity contribution is 5.32. The van der Waals surface area contributed by atoms with Gasteiger partial charge in [-0.05, 0) is 48.3 Å². The van der Waals surface area contributed by atoms with E-state index in [1.54, 1.807) is 0 Å². The summed E-state index contributed by atoms with van der Waals surface area (Å²) in [6, 6.07) is 8.72. The van der Waals surface area contributed by atoms with Crippen molar-refractivity contribution in [2.75, 3.05) is 6.61 Å². The van der Waals surface area contributed by atoms with E-state index in [0.29, 0.717) is 6.04 Å². The van der Waals surface area contributed by atoms with Crippen LogP contribution in [0.1, 0.15) is 45.6 Å². The molecule has 1 fully saturated rings. The molecule has 0 amide bonds. The first-order valence-electron chi connectivity index (χ1n) is 6.96. The molecule has 1 saturated carbocycles. The normalized spacial score (nSPS) is 17.6. The Morgan fingerprint density at radius 3 is 2.67 bits per heavy atom. The summed E-state index contributed by atoms with van der Waals surface area (Å²) >= 11 is 0. The Labute approximate surface area is 111 Å². The fourth-order valence-corrected chi connectivity index (χ4v) is 2.13. The summed E-state index contributed by atoms with van der Waals surface area (Å²) in [4.78, 5) is 0. The van der Waals surface area contributed by atoms with Gasteiger partial charge in [0.25, 0.3) is 0 Å². The van der Waals surface area contributed by atoms with Crippen LogP contribution in [-0.4, -0.2) is 12.6 Å². The van der Waals surface area contributed by atoms with Crippen LogP contribution < -0.4 is 10.5 Å². The van der Waals surface area contributed by atoms with Crippen LogP contribution in [0.25, 0.3) is 0 Å². The highest BCUT2D eigenvalue weighted by atomic mass is 16.5. The molecule has 2 nitrogen and oxygen atoms in total. The van der Waals surface area contributed by atoms with Crippen molar-refractivity contribution in [2.45, 2.75) is 51.5 Å². The first kappa shape index (κ1) is 13.4. The van der Waals surface area contributed by atoms with E-state index in [4.69, 9.17) is 10.5 Å². The molecule has 2 heteroatoms. The monoisotopic (exact) mass is 247 g/mol. The Morgan fingerprint density at radius 1 is 1.33 bits per heavy atom. The second-order valence-electron chi connectivity index (χ2n) is 6.42. The summed E-state index contributed by atoms with van der Waals surface area (Å²) in [5.41, 5.74) is 7.54. The maximum absolute atomic E-state index is 6.06. The molecule has 1 aliphatic rings. The van der Waals surface area contributed by atoms with Crippen LogP contribution >= 0.6 is 0 Å². The van der Waals surface area contributed by atoms with Crippen molar-refractivity contribution in [2.24, 2.45) is 11.7 Å². The van der Waals surface area contributed by atoms with Crippen LogP contribution in [0, 0.1) is 5.92 Å². The van der Waals surface area contributed by atoms with Gasteiger partial charge in [-0.3, -0.25) is 0 Å². The van der Waals surface area contributed by atoms with Crippen LogP contribution in [-0.2, 0) is 5.41 Å². The molecule has 1 aromatic rings. The van der Waals surface area contributed by atoms with E-state index < -0.39 is 0 Å². The number of hydrogen-bond donors (Lipinski definition) is 1. The molecule has 1 unspecified atom stereocenters. The molecule has 0 bridgehead atoms. The van der Waals surface area contributed by atoms with E-state index >= 15 is 0 Å². The zero-order valence-corrected chi connectivity index (χ0v) is 11.8. The van der Waals surface area contributed by atoms with Crippen molar-refractivity contribution < 1.29 is 4.74 Å². The van der Waals surface area contributed by atoms with Gasteiger partial charge in [0.1, 0.15) is 5.75 Å². The average Bonchev–Trinajstić information content (AvgIpc) is 3.12. The highest BCUT2D eigenvalue weighted by Gasteiger charge is 2.28. The first-order chi connectivity index (χ1) is 8.47. The minimum Gasteiger partial charge on any atom is -0.494 e. The van der Waals surface area contributed by atoms with Gasteiger partial charge in [0.2, 0.25) is 0 Å². The van der Waals surface area contributed by atoms with Gasteiger partial charge in [0.05, 0.1) is 6.61 Å². The zero-order chi connectivity index (χ0) is 13.2. The van der Waals surface area contributed by atoms with E-state index in [1.165, 1.54) is 18.4 Å². The van der Waals surface area contributed by atoms with Gasteiger partial charge < -0.3 is 10.5 Å². The molecular weight excluding hydrogens is 222 g/mol. The van der Waals surface area contributed by atoms with Crippen LogP contribution in [0.15, 0.2) is 24.3 Å². The predicted octanol–water partition coefficient (Wildman–Crippen LogP) is 3.49. The Hall–Kier alpha value is -1.02. The van der Waals surface area contributed by atoms with Crippen molar-refractivity contribution in [3.63, 3.8) is 0 Å². The number of nitrogens with two attached hydrogens (primary N) is 1. The number of benzene rings is 1. The SMILES string of the molecule is CC(C)(C)c1cccc(OCCC(N)C2CC2)c1. The lowest BCUT2D eigenvalue weighted by atomic mass is 9.87. The van der Waals surface area contributed by atoms with E-state index in [-0.39, 0.29) is 5.41 Å². The Kier molecular flexibility index (Phi) is 3.96. The molecule has 18 heavy (non-hydrogen) atoms. The van der Waals surface area contributed by atoms with Gasteiger partial charge >= 0.3 is 0 Å². The van der Waals surface area contributed by atoms with Gasteiger partial charge in [-0.15, -0.1) is 0 Å². The van der Waals surface area contributed by atoms with Gasteiger partial charge in [-0.25, -0.2) is 0 Å². The third-order valence-electron chi connectivity index (χ3n) is 3.65. The molecule has 2 rings (SSSR count). The fraction of sp³-hybridized carbons (Fsp3) is 0.625. The lowest BCUT2D eigenvalue weighted by molar-refractivity contribution is 0.291. The molecule has 0 aliphatic heterocycles. The lowest BCUT2D eigenvalue weighted by Crippen LogP contribution is -2.24. The third kappa shape index (κ3) is 3.74. The maximum atomic E-state index is 6.06. The van der Waals surface area contributed by atoms with E-state index in [1.807, 2.05) is 6.07 Å². The number of ether oxygens (including phenoxy) is 1. The minimum atomic E-state index is 0.170. The maximum Gasteiger partial charge on any atom is 0.119 e. The zero-order valence-electron chi connectivity index (χ0n) is 11.8.